The van der Waals surface area contributed by atoms with Crippen LogP contribution in [0, 0.1) is 5.92 Å². The van der Waals surface area contributed by atoms with Crippen molar-refractivity contribution in [2.45, 2.75) is 45.1 Å². The van der Waals surface area contributed by atoms with Crippen molar-refractivity contribution in [3.8, 4) is 11.3 Å². The van der Waals surface area contributed by atoms with E-state index in [1.807, 2.05) is 24.3 Å². The predicted molar refractivity (Wildman–Crippen MR) is 116 cm³/mol. The number of benzene rings is 1. The Hall–Kier alpha value is -2.53. The lowest BCUT2D eigenvalue weighted by molar-refractivity contribution is -0.160. The van der Waals surface area contributed by atoms with E-state index < -0.39 is 36.8 Å². The summed E-state index contributed by atoms with van der Waals surface area (Å²) < 4.78 is 36.0. The number of amides is 2. The largest absolute Gasteiger partial charge is 0.453 e. The van der Waals surface area contributed by atoms with E-state index in [4.69, 9.17) is 4.74 Å². The molecule has 0 spiro atoms. The first-order valence-corrected chi connectivity index (χ1v) is 10.9. The topological polar surface area (TPSA) is 96.6 Å². The van der Waals surface area contributed by atoms with E-state index in [0.717, 1.165) is 15.7 Å². The average molecular weight is 515 g/mol. The Labute approximate surface area is 192 Å². The summed E-state index contributed by atoms with van der Waals surface area (Å²) in [5.41, 5.74) is 1.61. The number of methoxy groups -OCH3 is 1. The fraction of sp³-hybridized carbons (Fsp3) is 0.476. The van der Waals surface area contributed by atoms with Gasteiger partial charge in [-0.2, -0.15) is 8.78 Å². The predicted octanol–water partition coefficient (Wildman–Crippen LogP) is 4.10. The number of carbonyl (C=O) groups excluding carboxylic acids is 2. The molecule has 1 saturated heterocycles. The van der Waals surface area contributed by atoms with Gasteiger partial charge in [0.1, 0.15) is 11.9 Å². The van der Waals surface area contributed by atoms with Gasteiger partial charge in [0.15, 0.2) is 0 Å². The van der Waals surface area contributed by atoms with Crippen LogP contribution in [0.2, 0.25) is 0 Å². The van der Waals surface area contributed by atoms with Crippen LogP contribution in [-0.4, -0.2) is 59.3 Å². The van der Waals surface area contributed by atoms with Gasteiger partial charge in [-0.1, -0.05) is 41.9 Å². The van der Waals surface area contributed by atoms with E-state index in [-0.39, 0.29) is 18.9 Å². The second-order valence-corrected chi connectivity index (χ2v) is 8.72. The number of alkyl halides is 2. The Morgan fingerprint density at radius 3 is 2.56 bits per heavy atom. The van der Waals surface area contributed by atoms with E-state index in [9.17, 15) is 18.4 Å². The summed E-state index contributed by atoms with van der Waals surface area (Å²) in [5.74, 6) is -0.221. The minimum Gasteiger partial charge on any atom is -0.453 e. The summed E-state index contributed by atoms with van der Waals surface area (Å²) >= 11 is 3.39. The number of aromatic nitrogens is 2. The average Bonchev–Trinajstić information content (AvgIpc) is 3.38. The molecular formula is C21H25BrF2N4O4. The molecule has 1 aliphatic heterocycles. The van der Waals surface area contributed by atoms with Crippen LogP contribution in [0.25, 0.3) is 11.3 Å². The molecule has 1 fully saturated rings. The highest BCUT2D eigenvalue weighted by Gasteiger charge is 2.42. The molecule has 0 radical (unpaired) electrons. The van der Waals surface area contributed by atoms with Crippen molar-refractivity contribution in [2.75, 3.05) is 13.7 Å². The molecule has 32 heavy (non-hydrogen) atoms. The van der Waals surface area contributed by atoms with Crippen LogP contribution in [0.1, 0.15) is 32.1 Å². The van der Waals surface area contributed by atoms with Crippen molar-refractivity contribution >= 4 is 27.9 Å². The Morgan fingerprint density at radius 2 is 1.97 bits per heavy atom. The Balaban J connectivity index is 1.88. The summed E-state index contributed by atoms with van der Waals surface area (Å²) in [4.78, 5) is 34.1. The van der Waals surface area contributed by atoms with Crippen LogP contribution in [0.4, 0.5) is 13.6 Å². The lowest BCUT2D eigenvalue weighted by Crippen LogP contribution is -2.51. The zero-order valence-electron chi connectivity index (χ0n) is 17.8. The van der Waals surface area contributed by atoms with Gasteiger partial charge in [-0.05, 0) is 23.6 Å². The van der Waals surface area contributed by atoms with Gasteiger partial charge in [0.05, 0.1) is 31.1 Å². The van der Waals surface area contributed by atoms with E-state index in [1.54, 1.807) is 20.0 Å². The third-order valence-electron chi connectivity index (χ3n) is 5.30. The van der Waals surface area contributed by atoms with Gasteiger partial charge in [0.25, 0.3) is 0 Å². The fourth-order valence-electron chi connectivity index (χ4n) is 3.70. The molecule has 3 unspecified atom stereocenters. The van der Waals surface area contributed by atoms with Crippen molar-refractivity contribution in [3.05, 3.63) is 40.8 Å². The molecular weight excluding hydrogens is 490 g/mol. The van der Waals surface area contributed by atoms with Crippen molar-refractivity contribution < 1.29 is 27.8 Å². The number of H-pyrrole nitrogens is 1. The third-order valence-corrected chi connectivity index (χ3v) is 5.83. The normalized spacial score (nSPS) is 19.4. The highest BCUT2D eigenvalue weighted by atomic mass is 79.9. The number of imidazole rings is 1. The number of rotatable bonds is 7. The molecule has 0 saturated carbocycles. The monoisotopic (exact) mass is 514 g/mol. The highest BCUT2D eigenvalue weighted by Crippen LogP contribution is 2.35. The van der Waals surface area contributed by atoms with Crippen LogP contribution in [0.5, 0.6) is 0 Å². The van der Waals surface area contributed by atoms with Crippen molar-refractivity contribution in [1.82, 2.24) is 20.2 Å². The summed E-state index contributed by atoms with van der Waals surface area (Å²) in [7, 11) is 1.20. The second kappa shape index (κ2) is 10.4. The first-order chi connectivity index (χ1) is 15.2. The number of halogens is 3. The minimum atomic E-state index is -2.96. The molecule has 2 amide bonds. The standard InChI is InChI=1S/C21H25BrF2N4O4/c1-11(2)17(27-21(30)31-3)19(29)28-10-14(32-20(23)24)8-16(28)18-25-9-15(26-18)12-4-6-13(22)7-5-12/h4-7,9,11,14,16-17,20H,8,10H2,1-3H3,(H,25,26)(H,27,30). The van der Waals surface area contributed by atoms with Gasteiger partial charge < -0.3 is 24.7 Å². The number of nitrogens with zero attached hydrogens (tertiary/aromatic N) is 2. The van der Waals surface area contributed by atoms with Gasteiger partial charge in [-0.3, -0.25) is 4.79 Å². The maximum Gasteiger partial charge on any atom is 0.407 e. The summed E-state index contributed by atoms with van der Waals surface area (Å²) in [6.45, 7) is 0.540. The first kappa shape index (κ1) is 24.1. The number of hydrogen-bond acceptors (Lipinski definition) is 5. The summed E-state index contributed by atoms with van der Waals surface area (Å²) in [5, 5.41) is 2.53. The molecule has 2 heterocycles. The number of ether oxygens (including phenoxy) is 2. The number of aromatic amines is 1. The Morgan fingerprint density at radius 1 is 1.28 bits per heavy atom. The number of nitrogens with one attached hydrogen (secondary N) is 2. The lowest BCUT2D eigenvalue weighted by Gasteiger charge is -2.29. The molecule has 8 nitrogen and oxygen atoms in total. The molecule has 2 N–H and O–H groups in total. The molecule has 0 aliphatic carbocycles. The smallest absolute Gasteiger partial charge is 0.407 e. The molecule has 3 rings (SSSR count). The molecule has 0 bridgehead atoms. The Bertz CT molecular complexity index is 938. The molecule has 1 aromatic heterocycles. The van der Waals surface area contributed by atoms with Gasteiger partial charge in [-0.15, -0.1) is 0 Å². The summed E-state index contributed by atoms with van der Waals surface area (Å²) in [6, 6.07) is 6.07. The number of hydrogen-bond donors (Lipinski definition) is 2. The number of alkyl carbamates (subject to hydrolysis) is 1. The molecule has 174 valence electrons. The van der Waals surface area contributed by atoms with Crippen LogP contribution in [-0.2, 0) is 14.3 Å². The Kier molecular flexibility index (Phi) is 7.83. The van der Waals surface area contributed by atoms with Crippen LogP contribution in [0.3, 0.4) is 0 Å². The quantitative estimate of drug-likeness (QED) is 0.579. The van der Waals surface area contributed by atoms with E-state index in [2.05, 4.69) is 36.0 Å². The molecule has 2 aromatic rings. The van der Waals surface area contributed by atoms with Crippen molar-refractivity contribution in [3.63, 3.8) is 0 Å². The van der Waals surface area contributed by atoms with Crippen LogP contribution in [0.15, 0.2) is 34.9 Å². The maximum absolute atomic E-state index is 13.3. The van der Waals surface area contributed by atoms with E-state index in [1.165, 1.54) is 12.0 Å². The molecule has 1 aromatic carbocycles. The summed E-state index contributed by atoms with van der Waals surface area (Å²) in [6.07, 6.45) is 0.168. The third kappa shape index (κ3) is 5.63. The van der Waals surface area contributed by atoms with Crippen molar-refractivity contribution in [2.24, 2.45) is 5.92 Å². The second-order valence-electron chi connectivity index (χ2n) is 7.81. The zero-order valence-corrected chi connectivity index (χ0v) is 19.4. The van der Waals surface area contributed by atoms with Crippen molar-refractivity contribution in [1.29, 1.82) is 0 Å². The van der Waals surface area contributed by atoms with Crippen LogP contribution >= 0.6 is 15.9 Å². The first-order valence-electron chi connectivity index (χ1n) is 10.1. The SMILES string of the molecule is COC(=O)NC(C(=O)N1CC(OC(F)F)CC1c1ncc(-c2ccc(Br)cc2)[nH]1)C(C)C. The van der Waals surface area contributed by atoms with Gasteiger partial charge in [-0.25, -0.2) is 9.78 Å². The lowest BCUT2D eigenvalue weighted by atomic mass is 10.0. The molecule has 3 atom stereocenters. The van der Waals surface area contributed by atoms with E-state index in [0.29, 0.717) is 5.82 Å². The van der Waals surface area contributed by atoms with Crippen LogP contribution < -0.4 is 5.32 Å². The highest BCUT2D eigenvalue weighted by molar-refractivity contribution is 9.10. The number of likely N-dealkylation sites (tertiary alicyclic amines) is 1. The maximum atomic E-state index is 13.3. The van der Waals surface area contributed by atoms with Gasteiger partial charge in [0, 0.05) is 17.4 Å². The molecule has 11 heteroatoms. The van der Waals surface area contributed by atoms with Gasteiger partial charge >= 0.3 is 12.7 Å². The number of carbonyl (C=O) groups is 2. The minimum absolute atomic E-state index is 0.0474. The van der Waals surface area contributed by atoms with E-state index >= 15 is 0 Å². The van der Waals surface area contributed by atoms with Gasteiger partial charge in [0.2, 0.25) is 5.91 Å². The fourth-order valence-corrected chi connectivity index (χ4v) is 3.97. The molecule has 1 aliphatic rings. The zero-order chi connectivity index (χ0) is 23.4.